The van der Waals surface area contributed by atoms with Gasteiger partial charge in [0.05, 0.1) is 22.9 Å². The smallest absolute Gasteiger partial charge is 0.284 e. The summed E-state index contributed by atoms with van der Waals surface area (Å²) in [6, 6.07) is 10.2. The molecule has 0 unspecified atom stereocenters. The van der Waals surface area contributed by atoms with Crippen LogP contribution in [0.4, 0.5) is 0 Å². The fourth-order valence-electron chi connectivity index (χ4n) is 2.01. The van der Waals surface area contributed by atoms with Gasteiger partial charge < -0.3 is 10.1 Å². The third-order valence-corrected chi connectivity index (χ3v) is 4.19. The molecule has 2 aromatic rings. The van der Waals surface area contributed by atoms with Crippen LogP contribution in [0, 0.1) is 0 Å². The molecule has 1 aromatic carbocycles. The summed E-state index contributed by atoms with van der Waals surface area (Å²) < 4.78 is 5.27. The molecule has 0 saturated heterocycles. The maximum atomic E-state index is 12.2. The number of para-hydroxylation sites is 1. The third kappa shape index (κ3) is 3.44. The first kappa shape index (κ1) is 16.0. The number of carbonyl (C=O) groups excluding carboxylic acids is 2. The molecule has 0 spiro atoms. The van der Waals surface area contributed by atoms with E-state index in [9.17, 15) is 9.59 Å². The van der Waals surface area contributed by atoms with Crippen LogP contribution >= 0.6 is 11.3 Å². The lowest BCUT2D eigenvalue weighted by Gasteiger charge is -2.16. The molecule has 0 saturated carbocycles. The summed E-state index contributed by atoms with van der Waals surface area (Å²) in [5.41, 5.74) is 2.40. The molecule has 1 atom stereocenters. The van der Waals surface area contributed by atoms with Gasteiger partial charge in [-0.1, -0.05) is 18.2 Å². The predicted octanol–water partition coefficient (Wildman–Crippen LogP) is 2.37. The van der Waals surface area contributed by atoms with Crippen LogP contribution in [-0.2, 0) is 0 Å². The third-order valence-electron chi connectivity index (χ3n) is 3.11. The first-order valence-electron chi connectivity index (χ1n) is 6.55. The second-order valence-electron chi connectivity index (χ2n) is 4.54. The zero-order chi connectivity index (χ0) is 16.1. The zero-order valence-corrected chi connectivity index (χ0v) is 12.9. The Bertz CT molecular complexity index is 684. The number of ether oxygens (including phenoxy) is 1. The lowest BCUT2D eigenvalue weighted by Crippen LogP contribution is -2.26. The first-order chi connectivity index (χ1) is 10.6. The number of methoxy groups -OCH3 is 1. The largest absolute Gasteiger partial charge is 0.496 e. The Morgan fingerprint density at radius 1 is 1.14 bits per heavy atom. The molecule has 1 aromatic heterocycles. The fourth-order valence-corrected chi connectivity index (χ4v) is 2.81. The van der Waals surface area contributed by atoms with Crippen molar-refractivity contribution in [2.24, 2.45) is 0 Å². The van der Waals surface area contributed by atoms with Crippen molar-refractivity contribution >= 4 is 23.2 Å². The van der Waals surface area contributed by atoms with Crippen LogP contribution in [0.5, 0.6) is 5.75 Å². The van der Waals surface area contributed by atoms with Crippen molar-refractivity contribution in [3.8, 4) is 5.75 Å². The lowest BCUT2D eigenvalue weighted by molar-refractivity contribution is 0.0711. The Morgan fingerprint density at radius 3 is 2.41 bits per heavy atom. The number of hydrogen-bond acceptors (Lipinski definition) is 5. The van der Waals surface area contributed by atoms with E-state index in [1.165, 1.54) is 11.5 Å². The Morgan fingerprint density at radius 2 is 1.77 bits per heavy atom. The standard InChI is InChI=1S/C15H16N2O4S/c1-9(10-5-3-4-6-11(10)21-2)16-14(18)12-7-8-13(22-12)15(19)17-20/h3-9,20H,1-2H3,(H,16,18)(H,17,19)/t9-/m1/s1. The van der Waals surface area contributed by atoms with Gasteiger partial charge in [-0.15, -0.1) is 11.3 Å². The second kappa shape index (κ2) is 7.06. The van der Waals surface area contributed by atoms with E-state index in [1.807, 2.05) is 31.2 Å². The van der Waals surface area contributed by atoms with Crippen LogP contribution in [0.25, 0.3) is 0 Å². The molecule has 6 nitrogen and oxygen atoms in total. The molecule has 1 heterocycles. The van der Waals surface area contributed by atoms with Gasteiger partial charge in [-0.05, 0) is 25.1 Å². The van der Waals surface area contributed by atoms with Crippen LogP contribution in [0.2, 0.25) is 0 Å². The Balaban J connectivity index is 2.11. The van der Waals surface area contributed by atoms with E-state index in [0.717, 1.165) is 16.9 Å². The molecule has 0 bridgehead atoms. The minimum absolute atomic E-state index is 0.249. The number of hydrogen-bond donors (Lipinski definition) is 3. The minimum atomic E-state index is -0.637. The number of carbonyl (C=O) groups is 2. The van der Waals surface area contributed by atoms with Crippen LogP contribution in [0.15, 0.2) is 36.4 Å². The van der Waals surface area contributed by atoms with Crippen molar-refractivity contribution < 1.29 is 19.5 Å². The van der Waals surface area contributed by atoms with Crippen LogP contribution < -0.4 is 15.5 Å². The van der Waals surface area contributed by atoms with Gasteiger partial charge in [0.1, 0.15) is 5.75 Å². The number of thiophene rings is 1. The van der Waals surface area contributed by atoms with Gasteiger partial charge >= 0.3 is 0 Å². The molecule has 2 amide bonds. The van der Waals surface area contributed by atoms with Gasteiger partial charge in [0.2, 0.25) is 0 Å². The van der Waals surface area contributed by atoms with Crippen molar-refractivity contribution in [1.82, 2.24) is 10.8 Å². The van der Waals surface area contributed by atoms with E-state index >= 15 is 0 Å². The van der Waals surface area contributed by atoms with Crippen molar-refractivity contribution in [3.63, 3.8) is 0 Å². The molecular formula is C15H16N2O4S. The molecule has 3 N–H and O–H groups in total. The average molecular weight is 320 g/mol. The van der Waals surface area contributed by atoms with E-state index in [2.05, 4.69) is 5.32 Å². The molecule has 0 aliphatic carbocycles. The van der Waals surface area contributed by atoms with E-state index < -0.39 is 5.91 Å². The highest BCUT2D eigenvalue weighted by Crippen LogP contribution is 2.25. The topological polar surface area (TPSA) is 87.7 Å². The highest BCUT2D eigenvalue weighted by atomic mass is 32.1. The predicted molar refractivity (Wildman–Crippen MR) is 82.4 cm³/mol. The van der Waals surface area contributed by atoms with E-state index in [-0.39, 0.29) is 16.8 Å². The fraction of sp³-hybridized carbons (Fsp3) is 0.200. The Labute approximate surface area is 131 Å². The van der Waals surface area contributed by atoms with Crippen LogP contribution in [-0.4, -0.2) is 24.1 Å². The number of amides is 2. The van der Waals surface area contributed by atoms with Crippen molar-refractivity contribution in [2.45, 2.75) is 13.0 Å². The summed E-state index contributed by atoms with van der Waals surface area (Å²) in [6.07, 6.45) is 0. The number of nitrogens with one attached hydrogen (secondary N) is 2. The van der Waals surface area contributed by atoms with Crippen molar-refractivity contribution in [3.05, 3.63) is 51.7 Å². The van der Waals surface area contributed by atoms with Gasteiger partial charge in [0.15, 0.2) is 0 Å². The number of rotatable bonds is 5. The van der Waals surface area contributed by atoms with Crippen LogP contribution in [0.1, 0.15) is 37.9 Å². The maximum Gasteiger partial charge on any atom is 0.284 e. The maximum absolute atomic E-state index is 12.2. The average Bonchev–Trinajstić information content (AvgIpc) is 3.04. The highest BCUT2D eigenvalue weighted by Gasteiger charge is 2.17. The Hall–Kier alpha value is -2.38. The summed E-state index contributed by atoms with van der Waals surface area (Å²) in [4.78, 5) is 24.1. The molecular weight excluding hydrogens is 304 g/mol. The molecule has 0 radical (unpaired) electrons. The molecule has 22 heavy (non-hydrogen) atoms. The molecule has 2 rings (SSSR count). The summed E-state index contributed by atoms with van der Waals surface area (Å²) in [5.74, 6) is -0.232. The quantitative estimate of drug-likeness (QED) is 0.583. The van der Waals surface area contributed by atoms with Gasteiger partial charge in [-0.2, -0.15) is 0 Å². The summed E-state index contributed by atoms with van der Waals surface area (Å²) in [5, 5.41) is 11.4. The van der Waals surface area contributed by atoms with Crippen LogP contribution in [0.3, 0.4) is 0 Å². The lowest BCUT2D eigenvalue weighted by atomic mass is 10.1. The molecule has 0 aliphatic heterocycles. The zero-order valence-electron chi connectivity index (χ0n) is 12.1. The number of hydroxylamine groups is 1. The van der Waals surface area contributed by atoms with Crippen molar-refractivity contribution in [2.75, 3.05) is 7.11 Å². The van der Waals surface area contributed by atoms with Gasteiger partial charge in [-0.3, -0.25) is 14.8 Å². The van der Waals surface area contributed by atoms with E-state index in [0.29, 0.717) is 10.6 Å². The normalized spacial score (nSPS) is 11.6. The van der Waals surface area contributed by atoms with E-state index in [1.54, 1.807) is 13.2 Å². The summed E-state index contributed by atoms with van der Waals surface area (Å²) in [6.45, 7) is 1.85. The molecule has 0 aliphatic rings. The molecule has 0 fully saturated rings. The first-order valence-corrected chi connectivity index (χ1v) is 7.36. The molecule has 116 valence electrons. The molecule has 7 heteroatoms. The van der Waals surface area contributed by atoms with Gasteiger partial charge in [-0.25, -0.2) is 5.48 Å². The second-order valence-corrected chi connectivity index (χ2v) is 5.63. The summed E-state index contributed by atoms with van der Waals surface area (Å²) in [7, 11) is 1.58. The minimum Gasteiger partial charge on any atom is -0.496 e. The Kier molecular flexibility index (Phi) is 5.13. The SMILES string of the molecule is COc1ccccc1[C@@H](C)NC(=O)c1ccc(C(=O)NO)s1. The van der Waals surface area contributed by atoms with E-state index in [4.69, 9.17) is 9.94 Å². The monoisotopic (exact) mass is 320 g/mol. The highest BCUT2D eigenvalue weighted by molar-refractivity contribution is 7.15. The number of benzene rings is 1. The van der Waals surface area contributed by atoms with Gasteiger partial charge in [0.25, 0.3) is 11.8 Å². The summed E-state index contributed by atoms with van der Waals surface area (Å²) >= 11 is 1.01. The van der Waals surface area contributed by atoms with Crippen molar-refractivity contribution in [1.29, 1.82) is 0 Å². The van der Waals surface area contributed by atoms with Gasteiger partial charge in [0, 0.05) is 5.56 Å².